The molecule has 0 bridgehead atoms. The Labute approximate surface area is 207 Å². The minimum absolute atomic E-state index is 0.278. The Morgan fingerprint density at radius 3 is 2.46 bits per heavy atom. The molecule has 4 aromatic rings. The van der Waals surface area contributed by atoms with Gasteiger partial charge in [-0.1, -0.05) is 47.1 Å². The SMILES string of the molecule is CC1=C(c2nc(-c3cccc(F)c3)no2)C(c2ccc(C)cc2)NC(=S)N1c1ccc(F)c(C)c1. The van der Waals surface area contributed by atoms with Gasteiger partial charge in [0.2, 0.25) is 5.82 Å². The van der Waals surface area contributed by atoms with E-state index in [0.717, 1.165) is 22.4 Å². The van der Waals surface area contributed by atoms with Crippen LogP contribution in [-0.4, -0.2) is 15.3 Å². The zero-order valence-corrected chi connectivity index (χ0v) is 20.2. The van der Waals surface area contributed by atoms with E-state index in [4.69, 9.17) is 16.7 Å². The van der Waals surface area contributed by atoms with Gasteiger partial charge in [-0.3, -0.25) is 4.90 Å². The Morgan fingerprint density at radius 2 is 1.74 bits per heavy atom. The molecular formula is C27H22F2N4OS. The van der Waals surface area contributed by atoms with Crippen molar-refractivity contribution >= 4 is 28.6 Å². The van der Waals surface area contributed by atoms with Gasteiger partial charge in [0, 0.05) is 16.9 Å². The third kappa shape index (κ3) is 4.33. The number of allylic oxidation sites excluding steroid dienone is 1. The number of halogens is 2. The number of hydrogen-bond acceptors (Lipinski definition) is 4. The summed E-state index contributed by atoms with van der Waals surface area (Å²) in [5.74, 6) is -0.115. The number of anilines is 1. The first kappa shape index (κ1) is 22.9. The van der Waals surface area contributed by atoms with Crippen LogP contribution in [0.25, 0.3) is 17.0 Å². The minimum atomic E-state index is -0.385. The third-order valence-electron chi connectivity index (χ3n) is 6.03. The molecule has 0 spiro atoms. The van der Waals surface area contributed by atoms with Crippen LogP contribution in [0.3, 0.4) is 0 Å². The van der Waals surface area contributed by atoms with Crippen LogP contribution in [-0.2, 0) is 0 Å². The van der Waals surface area contributed by atoms with E-state index in [1.54, 1.807) is 31.2 Å². The molecule has 2 heterocycles. The van der Waals surface area contributed by atoms with Gasteiger partial charge in [0.15, 0.2) is 5.11 Å². The summed E-state index contributed by atoms with van der Waals surface area (Å²) in [5.41, 5.74) is 5.31. The molecule has 0 fully saturated rings. The van der Waals surface area contributed by atoms with E-state index >= 15 is 0 Å². The van der Waals surface area contributed by atoms with Crippen LogP contribution < -0.4 is 10.2 Å². The molecule has 5 nitrogen and oxygen atoms in total. The molecule has 0 radical (unpaired) electrons. The van der Waals surface area contributed by atoms with Gasteiger partial charge in [0.05, 0.1) is 11.6 Å². The number of thiocarbonyl (C=S) groups is 1. The molecule has 8 heteroatoms. The van der Waals surface area contributed by atoms with E-state index in [1.165, 1.54) is 18.2 Å². The second-order valence-corrected chi connectivity index (χ2v) is 8.88. The summed E-state index contributed by atoms with van der Waals surface area (Å²) in [7, 11) is 0. The normalized spacial score (nSPS) is 16.0. The zero-order valence-electron chi connectivity index (χ0n) is 19.3. The maximum atomic E-state index is 14.0. The Bertz CT molecular complexity index is 1460. The van der Waals surface area contributed by atoms with E-state index in [-0.39, 0.29) is 29.4 Å². The minimum Gasteiger partial charge on any atom is -0.351 e. The Morgan fingerprint density at radius 1 is 0.971 bits per heavy atom. The fourth-order valence-corrected chi connectivity index (χ4v) is 4.55. The van der Waals surface area contributed by atoms with Crippen molar-refractivity contribution < 1.29 is 13.3 Å². The van der Waals surface area contributed by atoms with Gasteiger partial charge < -0.3 is 9.84 Å². The van der Waals surface area contributed by atoms with Crippen molar-refractivity contribution in [3.8, 4) is 11.4 Å². The van der Waals surface area contributed by atoms with Gasteiger partial charge in [-0.25, -0.2) is 8.78 Å². The van der Waals surface area contributed by atoms with E-state index in [9.17, 15) is 8.78 Å². The van der Waals surface area contributed by atoms with Gasteiger partial charge >= 0.3 is 0 Å². The smallest absolute Gasteiger partial charge is 0.258 e. The van der Waals surface area contributed by atoms with Crippen molar-refractivity contribution in [2.75, 3.05) is 4.90 Å². The largest absolute Gasteiger partial charge is 0.351 e. The summed E-state index contributed by atoms with van der Waals surface area (Å²) in [6.45, 7) is 5.64. The molecule has 3 aromatic carbocycles. The first-order valence-corrected chi connectivity index (χ1v) is 11.5. The van der Waals surface area contributed by atoms with Crippen LogP contribution in [0.15, 0.2) is 77.0 Å². The molecule has 1 N–H and O–H groups in total. The zero-order chi connectivity index (χ0) is 24.7. The van der Waals surface area contributed by atoms with Gasteiger partial charge in [0.1, 0.15) is 11.6 Å². The number of hydrogen-bond donors (Lipinski definition) is 1. The first-order chi connectivity index (χ1) is 16.8. The molecule has 176 valence electrons. The number of rotatable bonds is 4. The predicted octanol–water partition coefficient (Wildman–Crippen LogP) is 6.50. The second-order valence-electron chi connectivity index (χ2n) is 8.49. The number of aryl methyl sites for hydroxylation is 2. The lowest BCUT2D eigenvalue weighted by Crippen LogP contribution is -2.46. The van der Waals surface area contributed by atoms with Crippen molar-refractivity contribution in [2.24, 2.45) is 0 Å². The monoisotopic (exact) mass is 488 g/mol. The molecular weight excluding hydrogens is 466 g/mol. The molecule has 0 amide bonds. The van der Waals surface area contributed by atoms with E-state index in [1.807, 2.05) is 43.0 Å². The summed E-state index contributed by atoms with van der Waals surface area (Å²) in [4.78, 5) is 6.43. The molecule has 0 saturated heterocycles. The van der Waals surface area contributed by atoms with Crippen molar-refractivity contribution in [1.82, 2.24) is 15.5 Å². The van der Waals surface area contributed by atoms with Crippen LogP contribution in [0.2, 0.25) is 0 Å². The Hall–Kier alpha value is -3.91. The molecule has 1 atom stereocenters. The Balaban J connectivity index is 1.66. The quantitative estimate of drug-likeness (QED) is 0.331. The van der Waals surface area contributed by atoms with Crippen molar-refractivity contribution in [1.29, 1.82) is 0 Å². The molecule has 0 aliphatic carbocycles. The van der Waals surface area contributed by atoms with Crippen LogP contribution in [0, 0.1) is 25.5 Å². The summed E-state index contributed by atoms with van der Waals surface area (Å²) < 4.78 is 33.4. The maximum Gasteiger partial charge on any atom is 0.258 e. The lowest BCUT2D eigenvalue weighted by molar-refractivity contribution is 0.404. The lowest BCUT2D eigenvalue weighted by Gasteiger charge is -2.37. The summed E-state index contributed by atoms with van der Waals surface area (Å²) >= 11 is 5.74. The highest BCUT2D eigenvalue weighted by molar-refractivity contribution is 7.80. The fraction of sp³-hybridized carbons (Fsp3) is 0.148. The number of aromatic nitrogens is 2. The Kier molecular flexibility index (Phi) is 5.90. The van der Waals surface area contributed by atoms with Crippen molar-refractivity contribution in [3.63, 3.8) is 0 Å². The van der Waals surface area contributed by atoms with Gasteiger partial charge in [0.25, 0.3) is 5.89 Å². The molecule has 5 rings (SSSR count). The van der Waals surface area contributed by atoms with E-state index in [2.05, 4.69) is 15.5 Å². The molecule has 1 aromatic heterocycles. The van der Waals surface area contributed by atoms with E-state index in [0.29, 0.717) is 21.9 Å². The topological polar surface area (TPSA) is 54.2 Å². The number of nitrogens with one attached hydrogen (secondary N) is 1. The predicted molar refractivity (Wildman–Crippen MR) is 136 cm³/mol. The van der Waals surface area contributed by atoms with E-state index < -0.39 is 0 Å². The molecule has 0 saturated carbocycles. The number of nitrogens with zero attached hydrogens (tertiary/aromatic N) is 3. The molecule has 1 aliphatic heterocycles. The highest BCUT2D eigenvalue weighted by Gasteiger charge is 2.35. The average molecular weight is 489 g/mol. The van der Waals surface area contributed by atoms with Crippen molar-refractivity contribution in [2.45, 2.75) is 26.8 Å². The molecule has 35 heavy (non-hydrogen) atoms. The van der Waals surface area contributed by atoms with Crippen LogP contribution >= 0.6 is 12.2 Å². The summed E-state index contributed by atoms with van der Waals surface area (Å²) in [5, 5.41) is 7.96. The molecule has 1 unspecified atom stereocenters. The van der Waals surface area contributed by atoms with Gasteiger partial charge in [-0.05, 0) is 74.4 Å². The fourth-order valence-electron chi connectivity index (χ4n) is 4.19. The standard InChI is InChI=1S/C27H22F2N4OS/c1-15-7-9-18(10-8-15)24-23(26-31-25(32-34-26)19-5-4-6-20(28)14-19)17(3)33(27(35)30-24)21-11-12-22(29)16(2)13-21/h4-14,24H,1-3H3,(H,30,35). The van der Waals surface area contributed by atoms with Gasteiger partial charge in [-0.2, -0.15) is 4.98 Å². The number of benzene rings is 3. The second kappa shape index (κ2) is 9.03. The van der Waals surface area contributed by atoms with Gasteiger partial charge in [-0.15, -0.1) is 0 Å². The lowest BCUT2D eigenvalue weighted by atomic mass is 9.94. The highest BCUT2D eigenvalue weighted by atomic mass is 32.1. The average Bonchev–Trinajstić information content (AvgIpc) is 3.31. The third-order valence-corrected chi connectivity index (χ3v) is 6.33. The molecule has 1 aliphatic rings. The van der Waals surface area contributed by atoms with Crippen LogP contribution in [0.4, 0.5) is 14.5 Å². The van der Waals surface area contributed by atoms with Crippen LogP contribution in [0.5, 0.6) is 0 Å². The van der Waals surface area contributed by atoms with Crippen molar-refractivity contribution in [3.05, 3.63) is 107 Å². The van der Waals surface area contributed by atoms with Crippen LogP contribution in [0.1, 0.15) is 35.5 Å². The first-order valence-electron chi connectivity index (χ1n) is 11.1. The summed E-state index contributed by atoms with van der Waals surface area (Å²) in [6, 6.07) is 18.6. The highest BCUT2D eigenvalue weighted by Crippen LogP contribution is 2.39. The maximum absolute atomic E-state index is 14.0. The summed E-state index contributed by atoms with van der Waals surface area (Å²) in [6.07, 6.45) is 0.